The summed E-state index contributed by atoms with van der Waals surface area (Å²) >= 11 is 0. The molecule has 2 heterocycles. The molecule has 0 fully saturated rings. The van der Waals surface area contributed by atoms with Crippen LogP contribution in [0.3, 0.4) is 0 Å². The minimum Gasteiger partial charge on any atom is -0.461 e. The van der Waals surface area contributed by atoms with E-state index in [1.807, 2.05) is 0 Å². The molecule has 4 rings (SSSR count). The summed E-state index contributed by atoms with van der Waals surface area (Å²) < 4.78 is 37.3. The normalized spacial score (nSPS) is 10.8. The van der Waals surface area contributed by atoms with E-state index in [4.69, 9.17) is 8.94 Å². The van der Waals surface area contributed by atoms with E-state index in [1.54, 1.807) is 36.4 Å². The number of halogens is 2. The van der Waals surface area contributed by atoms with E-state index in [9.17, 15) is 13.6 Å². The molecule has 140 valence electrons. The molecule has 1 N–H and O–H groups in total. The van der Waals surface area contributed by atoms with Crippen molar-refractivity contribution in [2.75, 3.05) is 5.32 Å². The summed E-state index contributed by atoms with van der Waals surface area (Å²) in [6, 6.07) is 13.1. The van der Waals surface area contributed by atoms with Crippen molar-refractivity contribution in [1.29, 1.82) is 0 Å². The Kier molecular flexibility index (Phi) is 4.67. The zero-order valence-electron chi connectivity index (χ0n) is 14.4. The van der Waals surface area contributed by atoms with Crippen LogP contribution in [0.1, 0.15) is 21.8 Å². The lowest BCUT2D eigenvalue weighted by Gasteiger charge is -2.10. The monoisotopic (exact) mass is 381 g/mol. The van der Waals surface area contributed by atoms with Crippen molar-refractivity contribution in [2.24, 2.45) is 0 Å². The Morgan fingerprint density at radius 1 is 1.07 bits per heavy atom. The van der Waals surface area contributed by atoms with Crippen LogP contribution in [0.2, 0.25) is 0 Å². The van der Waals surface area contributed by atoms with Gasteiger partial charge in [0.05, 0.1) is 18.2 Å². The number of rotatable bonds is 5. The molecule has 0 aliphatic heterocycles. The van der Waals surface area contributed by atoms with E-state index in [-0.39, 0.29) is 12.0 Å². The fourth-order valence-corrected chi connectivity index (χ4v) is 2.66. The van der Waals surface area contributed by atoms with Crippen molar-refractivity contribution in [2.45, 2.75) is 6.42 Å². The van der Waals surface area contributed by atoms with E-state index in [0.717, 1.165) is 12.1 Å². The summed E-state index contributed by atoms with van der Waals surface area (Å²) in [5.41, 5.74) is 0.885. The van der Waals surface area contributed by atoms with Gasteiger partial charge >= 0.3 is 0 Å². The molecule has 8 heteroatoms. The van der Waals surface area contributed by atoms with Gasteiger partial charge in [0.1, 0.15) is 11.6 Å². The SMILES string of the molecule is O=C(Nc1ccccc1Cc1nc(-c2ccco2)no1)c1ccc(F)cc1F. The van der Waals surface area contributed by atoms with Gasteiger partial charge < -0.3 is 14.3 Å². The van der Waals surface area contributed by atoms with Gasteiger partial charge in [0.2, 0.25) is 11.7 Å². The second-order valence-electron chi connectivity index (χ2n) is 5.90. The molecule has 4 aromatic rings. The predicted molar refractivity (Wildman–Crippen MR) is 95.6 cm³/mol. The van der Waals surface area contributed by atoms with Gasteiger partial charge in [0.25, 0.3) is 5.91 Å². The van der Waals surface area contributed by atoms with Crippen LogP contribution >= 0.6 is 0 Å². The highest BCUT2D eigenvalue weighted by molar-refractivity contribution is 6.04. The molecular weight excluding hydrogens is 368 g/mol. The lowest BCUT2D eigenvalue weighted by atomic mass is 10.1. The van der Waals surface area contributed by atoms with E-state index in [2.05, 4.69) is 15.5 Å². The van der Waals surface area contributed by atoms with Gasteiger partial charge in [-0.05, 0) is 35.9 Å². The molecule has 6 nitrogen and oxygen atoms in total. The Morgan fingerprint density at radius 2 is 1.93 bits per heavy atom. The van der Waals surface area contributed by atoms with Gasteiger partial charge in [0, 0.05) is 11.8 Å². The third kappa shape index (κ3) is 3.66. The van der Waals surface area contributed by atoms with Gasteiger partial charge in [-0.15, -0.1) is 0 Å². The molecule has 0 aliphatic carbocycles. The maximum atomic E-state index is 13.8. The average molecular weight is 381 g/mol. The lowest BCUT2D eigenvalue weighted by molar-refractivity contribution is 0.102. The molecule has 0 aliphatic rings. The first kappa shape index (κ1) is 17.6. The number of aromatic nitrogens is 2. The Morgan fingerprint density at radius 3 is 2.71 bits per heavy atom. The number of carbonyl (C=O) groups is 1. The van der Waals surface area contributed by atoms with Crippen molar-refractivity contribution in [3.8, 4) is 11.6 Å². The number of hydrogen-bond acceptors (Lipinski definition) is 5. The number of carbonyl (C=O) groups excluding carboxylic acids is 1. The zero-order chi connectivity index (χ0) is 19.5. The van der Waals surface area contributed by atoms with Gasteiger partial charge in [-0.2, -0.15) is 4.98 Å². The number of furan rings is 1. The Hall–Kier alpha value is -3.81. The minimum atomic E-state index is -0.935. The van der Waals surface area contributed by atoms with Crippen molar-refractivity contribution >= 4 is 11.6 Å². The predicted octanol–water partition coefficient (Wildman–Crippen LogP) is 4.45. The average Bonchev–Trinajstić information content (AvgIpc) is 3.35. The maximum Gasteiger partial charge on any atom is 0.258 e. The van der Waals surface area contributed by atoms with Crippen LogP contribution in [0.5, 0.6) is 0 Å². The van der Waals surface area contributed by atoms with Gasteiger partial charge in [-0.1, -0.05) is 23.4 Å². The molecule has 2 aromatic carbocycles. The second kappa shape index (κ2) is 7.43. The number of amides is 1. The third-order valence-corrected chi connectivity index (χ3v) is 3.99. The lowest BCUT2D eigenvalue weighted by Crippen LogP contribution is -2.15. The summed E-state index contributed by atoms with van der Waals surface area (Å²) in [5, 5.41) is 6.49. The van der Waals surface area contributed by atoms with Crippen molar-refractivity contribution in [1.82, 2.24) is 10.1 Å². The van der Waals surface area contributed by atoms with Crippen LogP contribution in [0.15, 0.2) is 69.8 Å². The largest absolute Gasteiger partial charge is 0.461 e. The molecule has 0 saturated heterocycles. The molecule has 0 saturated carbocycles. The molecular formula is C20H13F2N3O3. The number of hydrogen-bond donors (Lipinski definition) is 1. The van der Waals surface area contributed by atoms with E-state index in [0.29, 0.717) is 34.8 Å². The Labute approximate surface area is 157 Å². The summed E-state index contributed by atoms with van der Waals surface area (Å²) in [7, 11) is 0. The Bertz CT molecular complexity index is 1120. The summed E-state index contributed by atoms with van der Waals surface area (Å²) in [5.74, 6) is -1.26. The van der Waals surface area contributed by atoms with E-state index in [1.165, 1.54) is 6.26 Å². The maximum absolute atomic E-state index is 13.8. The van der Waals surface area contributed by atoms with Gasteiger partial charge in [0.15, 0.2) is 5.76 Å². The number of nitrogens with zero attached hydrogens (tertiary/aromatic N) is 2. The summed E-state index contributed by atoms with van der Waals surface area (Å²) in [4.78, 5) is 16.6. The molecule has 28 heavy (non-hydrogen) atoms. The minimum absolute atomic E-state index is 0.246. The number of nitrogens with one attached hydrogen (secondary N) is 1. The molecule has 1 amide bonds. The standard InChI is InChI=1S/C20H13F2N3O3/c21-13-7-8-14(15(22)11-13)20(26)23-16-5-2-1-4-12(16)10-18-24-19(25-28-18)17-6-3-9-27-17/h1-9,11H,10H2,(H,23,26). The fraction of sp³-hybridized carbons (Fsp3) is 0.0500. The first-order valence-electron chi connectivity index (χ1n) is 8.31. The third-order valence-electron chi connectivity index (χ3n) is 3.99. The number of benzene rings is 2. The van der Waals surface area contributed by atoms with Crippen LogP contribution in [0.25, 0.3) is 11.6 Å². The Balaban J connectivity index is 1.55. The highest BCUT2D eigenvalue weighted by Gasteiger charge is 2.16. The van der Waals surface area contributed by atoms with Crippen molar-refractivity contribution in [3.63, 3.8) is 0 Å². The molecule has 0 spiro atoms. The fourth-order valence-electron chi connectivity index (χ4n) is 2.66. The molecule has 0 radical (unpaired) electrons. The number of anilines is 1. The second-order valence-corrected chi connectivity index (χ2v) is 5.90. The van der Waals surface area contributed by atoms with Crippen molar-refractivity contribution in [3.05, 3.63) is 89.5 Å². The quantitative estimate of drug-likeness (QED) is 0.552. The smallest absolute Gasteiger partial charge is 0.258 e. The molecule has 0 atom stereocenters. The van der Waals surface area contributed by atoms with E-state index >= 15 is 0 Å². The van der Waals surface area contributed by atoms with Crippen LogP contribution < -0.4 is 5.32 Å². The van der Waals surface area contributed by atoms with Crippen molar-refractivity contribution < 1.29 is 22.5 Å². The summed E-state index contributed by atoms with van der Waals surface area (Å²) in [6.45, 7) is 0. The highest BCUT2D eigenvalue weighted by atomic mass is 19.1. The van der Waals surface area contributed by atoms with Gasteiger partial charge in [-0.3, -0.25) is 4.79 Å². The van der Waals surface area contributed by atoms with Crippen LogP contribution in [-0.2, 0) is 6.42 Å². The summed E-state index contributed by atoms with van der Waals surface area (Å²) in [6.07, 6.45) is 1.75. The molecule has 2 aromatic heterocycles. The number of para-hydroxylation sites is 1. The zero-order valence-corrected chi connectivity index (χ0v) is 14.4. The van der Waals surface area contributed by atoms with Crippen LogP contribution in [-0.4, -0.2) is 16.0 Å². The van der Waals surface area contributed by atoms with Crippen LogP contribution in [0, 0.1) is 11.6 Å². The highest BCUT2D eigenvalue weighted by Crippen LogP contribution is 2.22. The van der Waals surface area contributed by atoms with Gasteiger partial charge in [-0.25, -0.2) is 8.78 Å². The van der Waals surface area contributed by atoms with Crippen LogP contribution in [0.4, 0.5) is 14.5 Å². The topological polar surface area (TPSA) is 81.2 Å². The molecule has 0 bridgehead atoms. The molecule has 0 unspecified atom stereocenters. The van der Waals surface area contributed by atoms with E-state index < -0.39 is 17.5 Å². The first-order chi connectivity index (χ1) is 13.6. The first-order valence-corrected chi connectivity index (χ1v) is 8.31.